The maximum absolute atomic E-state index is 13.4. The number of hydrogen-bond donors (Lipinski definition) is 1. The average Bonchev–Trinajstić information content (AvgIpc) is 3.14. The van der Waals surface area contributed by atoms with E-state index in [1.807, 2.05) is 31.2 Å². The molecule has 3 rings (SSSR count). The predicted molar refractivity (Wildman–Crippen MR) is 130 cm³/mol. The number of para-hydroxylation sites is 1. The van der Waals surface area contributed by atoms with Crippen LogP contribution in [0.5, 0.6) is 5.75 Å². The molecule has 0 saturated carbocycles. The maximum Gasteiger partial charge on any atom is 0.341 e. The van der Waals surface area contributed by atoms with Crippen molar-refractivity contribution in [2.24, 2.45) is 0 Å². The molecule has 172 valence electrons. The molecule has 1 heterocycles. The summed E-state index contributed by atoms with van der Waals surface area (Å²) in [6.45, 7) is 4.54. The van der Waals surface area contributed by atoms with E-state index >= 15 is 0 Å². The van der Waals surface area contributed by atoms with Gasteiger partial charge in [-0.05, 0) is 43.2 Å². The SMILES string of the molecule is CCCCOc1ccccc1/C=C/C(=O)Nc1sc(C)c(-c2ccc(F)cc2)c1C(=O)OC. The number of amides is 1. The molecule has 0 radical (unpaired) electrons. The fourth-order valence-corrected chi connectivity index (χ4v) is 4.36. The number of hydrogen-bond acceptors (Lipinski definition) is 5. The first-order valence-electron chi connectivity index (χ1n) is 10.6. The number of carbonyl (C=O) groups excluding carboxylic acids is 2. The van der Waals surface area contributed by atoms with E-state index in [2.05, 4.69) is 12.2 Å². The van der Waals surface area contributed by atoms with Gasteiger partial charge in [-0.1, -0.05) is 43.7 Å². The van der Waals surface area contributed by atoms with Gasteiger partial charge in [-0.15, -0.1) is 11.3 Å². The van der Waals surface area contributed by atoms with Gasteiger partial charge in [0.15, 0.2) is 0 Å². The molecular formula is C26H26FNO4S. The molecule has 1 aromatic heterocycles. The number of esters is 1. The van der Waals surface area contributed by atoms with Crippen molar-refractivity contribution in [3.8, 4) is 16.9 Å². The van der Waals surface area contributed by atoms with Gasteiger partial charge in [0.2, 0.25) is 5.91 Å². The Morgan fingerprint density at radius 3 is 2.55 bits per heavy atom. The second-order valence-corrected chi connectivity index (χ2v) is 8.52. The van der Waals surface area contributed by atoms with E-state index < -0.39 is 11.9 Å². The van der Waals surface area contributed by atoms with Crippen LogP contribution in [0.2, 0.25) is 0 Å². The molecule has 0 aliphatic heterocycles. The summed E-state index contributed by atoms with van der Waals surface area (Å²) < 4.78 is 24.1. The summed E-state index contributed by atoms with van der Waals surface area (Å²) in [4.78, 5) is 26.1. The first-order valence-corrected chi connectivity index (χ1v) is 11.4. The van der Waals surface area contributed by atoms with Crippen molar-refractivity contribution >= 4 is 34.3 Å². The molecule has 1 amide bonds. The predicted octanol–water partition coefficient (Wildman–Crippen LogP) is 6.48. The molecule has 33 heavy (non-hydrogen) atoms. The Kier molecular flexibility index (Phi) is 8.38. The van der Waals surface area contributed by atoms with Crippen molar-refractivity contribution < 1.29 is 23.5 Å². The number of unbranched alkanes of at least 4 members (excludes halogenated alkanes) is 1. The summed E-state index contributed by atoms with van der Waals surface area (Å²) in [5.41, 5.74) is 2.31. The zero-order valence-electron chi connectivity index (χ0n) is 18.8. The van der Waals surface area contributed by atoms with Crippen LogP contribution in [0.25, 0.3) is 17.2 Å². The lowest BCUT2D eigenvalue weighted by molar-refractivity contribution is -0.111. The Bertz CT molecular complexity index is 1150. The first kappa shape index (κ1) is 24.2. The fraction of sp³-hybridized carbons (Fsp3) is 0.231. The van der Waals surface area contributed by atoms with Gasteiger partial charge in [0.1, 0.15) is 22.1 Å². The molecule has 0 saturated heterocycles. The third kappa shape index (κ3) is 6.08. The van der Waals surface area contributed by atoms with E-state index in [1.54, 1.807) is 18.2 Å². The Morgan fingerprint density at radius 1 is 1.12 bits per heavy atom. The van der Waals surface area contributed by atoms with Crippen LogP contribution < -0.4 is 10.1 Å². The quantitative estimate of drug-likeness (QED) is 0.222. The van der Waals surface area contributed by atoms with E-state index in [4.69, 9.17) is 9.47 Å². The molecule has 0 unspecified atom stereocenters. The number of carbonyl (C=O) groups is 2. The van der Waals surface area contributed by atoms with Crippen molar-refractivity contribution in [3.05, 3.63) is 76.4 Å². The zero-order chi connectivity index (χ0) is 23.8. The number of benzene rings is 2. The number of aryl methyl sites for hydroxylation is 1. The molecule has 3 aromatic rings. The average molecular weight is 468 g/mol. The normalized spacial score (nSPS) is 10.9. The van der Waals surface area contributed by atoms with Crippen LogP contribution in [-0.2, 0) is 9.53 Å². The molecular weight excluding hydrogens is 441 g/mol. The van der Waals surface area contributed by atoms with Gasteiger partial charge in [0.05, 0.1) is 13.7 Å². The molecule has 0 aliphatic rings. The number of halogens is 1. The summed E-state index contributed by atoms with van der Waals surface area (Å²) in [5.74, 6) is -0.636. The van der Waals surface area contributed by atoms with Crippen molar-refractivity contribution in [1.29, 1.82) is 0 Å². The highest BCUT2D eigenvalue weighted by Crippen LogP contribution is 2.40. The number of rotatable bonds is 9. The highest BCUT2D eigenvalue weighted by Gasteiger charge is 2.24. The molecule has 5 nitrogen and oxygen atoms in total. The number of nitrogens with one attached hydrogen (secondary N) is 1. The van der Waals surface area contributed by atoms with Gasteiger partial charge in [-0.2, -0.15) is 0 Å². The van der Waals surface area contributed by atoms with Crippen molar-refractivity contribution in [2.45, 2.75) is 26.7 Å². The maximum atomic E-state index is 13.4. The third-order valence-corrected chi connectivity index (χ3v) is 5.95. The van der Waals surface area contributed by atoms with Crippen LogP contribution >= 0.6 is 11.3 Å². The van der Waals surface area contributed by atoms with Crippen molar-refractivity contribution in [2.75, 3.05) is 19.0 Å². The minimum atomic E-state index is -0.576. The number of anilines is 1. The highest BCUT2D eigenvalue weighted by molar-refractivity contribution is 7.17. The Labute approximate surface area is 196 Å². The van der Waals surface area contributed by atoms with Crippen LogP contribution in [0.3, 0.4) is 0 Å². The molecule has 0 atom stereocenters. The molecule has 0 fully saturated rings. The molecule has 0 bridgehead atoms. The van der Waals surface area contributed by atoms with Crippen LogP contribution in [-0.4, -0.2) is 25.6 Å². The van der Waals surface area contributed by atoms with Gasteiger partial charge >= 0.3 is 5.97 Å². The standard InChI is InChI=1S/C26H26FNO4S/c1-4-5-16-32-21-9-7-6-8-18(21)12-15-22(29)28-25-24(26(30)31-3)23(17(2)33-25)19-10-13-20(27)14-11-19/h6-15H,4-5,16H2,1-3H3,(H,28,29)/b15-12+. The van der Waals surface area contributed by atoms with E-state index in [1.165, 1.54) is 36.7 Å². The molecule has 7 heteroatoms. The van der Waals surface area contributed by atoms with Gasteiger partial charge < -0.3 is 14.8 Å². The minimum Gasteiger partial charge on any atom is -0.493 e. The van der Waals surface area contributed by atoms with Crippen molar-refractivity contribution in [3.63, 3.8) is 0 Å². The lowest BCUT2D eigenvalue weighted by atomic mass is 10.0. The molecule has 0 spiro atoms. The fourth-order valence-electron chi connectivity index (χ4n) is 3.29. The number of ether oxygens (including phenoxy) is 2. The summed E-state index contributed by atoms with van der Waals surface area (Å²) in [6.07, 6.45) is 5.05. The lowest BCUT2D eigenvalue weighted by Gasteiger charge is -2.09. The van der Waals surface area contributed by atoms with Gasteiger partial charge in [-0.3, -0.25) is 4.79 Å². The van der Waals surface area contributed by atoms with Crippen LogP contribution in [0.4, 0.5) is 9.39 Å². The second kappa shape index (κ2) is 11.4. The van der Waals surface area contributed by atoms with Crippen LogP contribution in [0.1, 0.15) is 40.6 Å². The van der Waals surface area contributed by atoms with Crippen molar-refractivity contribution in [1.82, 2.24) is 0 Å². The first-order chi connectivity index (χ1) is 15.9. The van der Waals surface area contributed by atoms with E-state index in [0.717, 1.165) is 23.3 Å². The van der Waals surface area contributed by atoms with E-state index in [-0.39, 0.29) is 11.4 Å². The minimum absolute atomic E-state index is 0.247. The second-order valence-electron chi connectivity index (χ2n) is 7.30. The Morgan fingerprint density at radius 2 is 1.85 bits per heavy atom. The molecule has 1 N–H and O–H groups in total. The molecule has 0 aliphatic carbocycles. The Hall–Kier alpha value is -3.45. The van der Waals surface area contributed by atoms with Gasteiger partial charge in [0, 0.05) is 22.1 Å². The number of methoxy groups -OCH3 is 1. The largest absolute Gasteiger partial charge is 0.493 e. The smallest absolute Gasteiger partial charge is 0.341 e. The van der Waals surface area contributed by atoms with E-state index in [0.29, 0.717) is 28.5 Å². The summed E-state index contributed by atoms with van der Waals surface area (Å²) in [5, 5.41) is 3.16. The zero-order valence-corrected chi connectivity index (χ0v) is 19.6. The summed E-state index contributed by atoms with van der Waals surface area (Å²) >= 11 is 1.27. The number of thiophene rings is 1. The van der Waals surface area contributed by atoms with Gasteiger partial charge in [0.25, 0.3) is 0 Å². The van der Waals surface area contributed by atoms with Crippen LogP contribution in [0, 0.1) is 12.7 Å². The molecule has 2 aromatic carbocycles. The third-order valence-electron chi connectivity index (χ3n) is 4.93. The summed E-state index contributed by atoms with van der Waals surface area (Å²) in [6, 6.07) is 13.3. The summed E-state index contributed by atoms with van der Waals surface area (Å²) in [7, 11) is 1.28. The van der Waals surface area contributed by atoms with Crippen LogP contribution in [0.15, 0.2) is 54.6 Å². The van der Waals surface area contributed by atoms with E-state index in [9.17, 15) is 14.0 Å². The topological polar surface area (TPSA) is 64.6 Å². The lowest BCUT2D eigenvalue weighted by Crippen LogP contribution is -2.11. The highest BCUT2D eigenvalue weighted by atomic mass is 32.1. The Balaban J connectivity index is 1.85. The van der Waals surface area contributed by atoms with Gasteiger partial charge in [-0.25, -0.2) is 9.18 Å². The monoisotopic (exact) mass is 467 g/mol.